The van der Waals surface area contributed by atoms with Crippen molar-refractivity contribution in [3.8, 4) is 11.5 Å². The van der Waals surface area contributed by atoms with E-state index in [1.54, 1.807) is 12.1 Å². The summed E-state index contributed by atoms with van der Waals surface area (Å²) in [5.74, 6) is 2.65. The van der Waals surface area contributed by atoms with E-state index in [-0.39, 0.29) is 17.6 Å². The van der Waals surface area contributed by atoms with E-state index in [1.807, 2.05) is 24.3 Å². The second-order valence-corrected chi connectivity index (χ2v) is 7.99. The third-order valence-corrected chi connectivity index (χ3v) is 6.22. The molecule has 0 amide bonds. The van der Waals surface area contributed by atoms with Gasteiger partial charge in [0.05, 0.1) is 6.10 Å². The zero-order valence-corrected chi connectivity index (χ0v) is 17.1. The van der Waals surface area contributed by atoms with Gasteiger partial charge >= 0.3 is 0 Å². The third kappa shape index (κ3) is 5.15. The molecule has 2 aromatic carbocycles. The van der Waals surface area contributed by atoms with Gasteiger partial charge in [0.1, 0.15) is 11.5 Å². The number of aromatic hydroxyl groups is 1. The first kappa shape index (κ1) is 20.4. The van der Waals surface area contributed by atoms with Gasteiger partial charge in [0.15, 0.2) is 5.78 Å². The van der Waals surface area contributed by atoms with Crippen molar-refractivity contribution in [1.29, 1.82) is 0 Å². The van der Waals surface area contributed by atoms with E-state index < -0.39 is 0 Å². The lowest BCUT2D eigenvalue weighted by atomic mass is 9.83. The molecule has 3 heteroatoms. The number of ether oxygens (including phenoxy) is 1. The molecule has 28 heavy (non-hydrogen) atoms. The van der Waals surface area contributed by atoms with E-state index >= 15 is 0 Å². The van der Waals surface area contributed by atoms with Crippen molar-refractivity contribution in [2.45, 2.75) is 64.9 Å². The lowest BCUT2D eigenvalue weighted by molar-refractivity contribution is 0.103. The molecule has 0 aromatic heterocycles. The van der Waals surface area contributed by atoms with E-state index in [0.29, 0.717) is 11.1 Å². The van der Waals surface area contributed by atoms with Crippen molar-refractivity contribution < 1.29 is 14.6 Å². The minimum atomic E-state index is -0.0472. The van der Waals surface area contributed by atoms with E-state index in [0.717, 1.165) is 30.4 Å². The largest absolute Gasteiger partial charge is 0.508 e. The zero-order valence-electron chi connectivity index (χ0n) is 17.1. The van der Waals surface area contributed by atoms with Crippen LogP contribution >= 0.6 is 0 Å². The number of hydrogen-bond donors (Lipinski definition) is 1. The Morgan fingerprint density at radius 2 is 1.54 bits per heavy atom. The summed E-state index contributed by atoms with van der Waals surface area (Å²) in [5.41, 5.74) is 1.20. The highest BCUT2D eigenvalue weighted by Crippen LogP contribution is 2.34. The number of ketones is 1. The number of carbonyl (C=O) groups is 1. The van der Waals surface area contributed by atoms with E-state index in [9.17, 15) is 9.90 Å². The minimum absolute atomic E-state index is 0.0472. The monoisotopic (exact) mass is 380 g/mol. The molecule has 2 aromatic rings. The van der Waals surface area contributed by atoms with Gasteiger partial charge in [-0.3, -0.25) is 4.79 Å². The molecule has 3 rings (SSSR count). The Morgan fingerprint density at radius 1 is 0.929 bits per heavy atom. The van der Waals surface area contributed by atoms with E-state index in [4.69, 9.17) is 4.74 Å². The zero-order chi connectivity index (χ0) is 19.9. The molecule has 1 aliphatic carbocycles. The summed E-state index contributed by atoms with van der Waals surface area (Å²) in [6.07, 6.45) is 8.90. The summed E-state index contributed by atoms with van der Waals surface area (Å²) < 4.78 is 6.24. The molecule has 1 N–H and O–H groups in total. The van der Waals surface area contributed by atoms with Crippen LogP contribution in [0.1, 0.15) is 74.7 Å². The fourth-order valence-electron chi connectivity index (χ4n) is 4.50. The molecule has 0 aliphatic heterocycles. The average Bonchev–Trinajstić information content (AvgIpc) is 2.95. The first-order valence-electron chi connectivity index (χ1n) is 10.7. The number of rotatable bonds is 7. The highest BCUT2D eigenvalue weighted by Gasteiger charge is 2.24. The average molecular weight is 381 g/mol. The van der Waals surface area contributed by atoms with Crippen LogP contribution in [0.3, 0.4) is 0 Å². The van der Waals surface area contributed by atoms with Gasteiger partial charge in [-0.25, -0.2) is 0 Å². The number of phenols is 1. The second-order valence-electron chi connectivity index (χ2n) is 7.99. The Morgan fingerprint density at radius 3 is 2.14 bits per heavy atom. The standard InChI is InChI=1S/C25H32O3/c1-3-18(4-2)19-6-5-7-23(15-10-19)28-24-16-11-21(12-17-24)25(27)20-8-13-22(26)14-9-20/h8-9,11-14,16-19,23,26H,3-7,10,15H2,1-2H3. The Hall–Kier alpha value is -2.29. The van der Waals surface area contributed by atoms with Crippen molar-refractivity contribution in [2.24, 2.45) is 11.8 Å². The number of hydrogen-bond acceptors (Lipinski definition) is 3. The van der Waals surface area contributed by atoms with Gasteiger partial charge in [-0.05, 0) is 86.1 Å². The molecular formula is C25H32O3. The van der Waals surface area contributed by atoms with Crippen LogP contribution < -0.4 is 4.74 Å². The molecule has 3 nitrogen and oxygen atoms in total. The summed E-state index contributed by atoms with van der Waals surface area (Å²) in [6.45, 7) is 4.63. The van der Waals surface area contributed by atoms with Crippen molar-refractivity contribution in [1.82, 2.24) is 0 Å². The van der Waals surface area contributed by atoms with Crippen LogP contribution in [0.5, 0.6) is 11.5 Å². The van der Waals surface area contributed by atoms with Crippen molar-refractivity contribution >= 4 is 5.78 Å². The van der Waals surface area contributed by atoms with E-state index in [2.05, 4.69) is 13.8 Å². The van der Waals surface area contributed by atoms with Gasteiger partial charge in [-0.15, -0.1) is 0 Å². The molecule has 1 aliphatic rings. The van der Waals surface area contributed by atoms with Gasteiger partial charge in [0.25, 0.3) is 0 Å². The number of benzene rings is 2. The van der Waals surface area contributed by atoms with Gasteiger partial charge in [0, 0.05) is 11.1 Å². The molecule has 0 spiro atoms. The molecule has 0 bridgehead atoms. The summed E-state index contributed by atoms with van der Waals surface area (Å²) in [7, 11) is 0. The maximum Gasteiger partial charge on any atom is 0.193 e. The summed E-state index contributed by atoms with van der Waals surface area (Å²) >= 11 is 0. The SMILES string of the molecule is CCC(CC)C1CCCC(Oc2ccc(C(=O)c3ccc(O)cc3)cc2)CC1. The molecule has 0 radical (unpaired) electrons. The van der Waals surface area contributed by atoms with Gasteiger partial charge < -0.3 is 9.84 Å². The number of carbonyl (C=O) groups excluding carboxylic acids is 1. The lowest BCUT2D eigenvalue weighted by Gasteiger charge is -2.24. The van der Waals surface area contributed by atoms with Crippen LogP contribution in [0.25, 0.3) is 0 Å². The van der Waals surface area contributed by atoms with E-state index in [1.165, 1.54) is 44.2 Å². The predicted octanol–water partition coefficient (Wildman–Crippen LogP) is 6.39. The van der Waals surface area contributed by atoms with Gasteiger partial charge in [-0.2, -0.15) is 0 Å². The molecule has 2 unspecified atom stereocenters. The normalized spacial score (nSPS) is 20.0. The fourth-order valence-corrected chi connectivity index (χ4v) is 4.50. The van der Waals surface area contributed by atoms with Crippen LogP contribution in [0.15, 0.2) is 48.5 Å². The van der Waals surface area contributed by atoms with Crippen LogP contribution in [-0.4, -0.2) is 17.0 Å². The fraction of sp³-hybridized carbons (Fsp3) is 0.480. The van der Waals surface area contributed by atoms with Crippen LogP contribution in [0.2, 0.25) is 0 Å². The summed E-state index contributed by atoms with van der Waals surface area (Å²) in [5, 5.41) is 9.37. The second kappa shape index (κ2) is 9.77. The van der Waals surface area contributed by atoms with Crippen LogP contribution in [0, 0.1) is 11.8 Å². The molecule has 1 saturated carbocycles. The topological polar surface area (TPSA) is 46.5 Å². The Balaban J connectivity index is 1.58. The first-order chi connectivity index (χ1) is 13.6. The van der Waals surface area contributed by atoms with Gasteiger partial charge in [-0.1, -0.05) is 33.1 Å². The van der Waals surface area contributed by atoms with Crippen molar-refractivity contribution in [2.75, 3.05) is 0 Å². The maximum absolute atomic E-state index is 12.5. The Bertz CT molecular complexity index is 744. The Labute approximate surface area is 168 Å². The molecular weight excluding hydrogens is 348 g/mol. The molecule has 2 atom stereocenters. The molecule has 0 heterocycles. The predicted molar refractivity (Wildman–Crippen MR) is 113 cm³/mol. The Kier molecular flexibility index (Phi) is 7.13. The first-order valence-corrected chi connectivity index (χ1v) is 10.7. The quantitative estimate of drug-likeness (QED) is 0.447. The number of phenolic OH excluding ortho intramolecular Hbond substituents is 1. The minimum Gasteiger partial charge on any atom is -0.508 e. The molecule has 150 valence electrons. The third-order valence-electron chi connectivity index (χ3n) is 6.22. The highest BCUT2D eigenvalue weighted by molar-refractivity contribution is 6.09. The van der Waals surface area contributed by atoms with Crippen LogP contribution in [-0.2, 0) is 0 Å². The maximum atomic E-state index is 12.5. The van der Waals surface area contributed by atoms with Crippen molar-refractivity contribution in [3.63, 3.8) is 0 Å². The summed E-state index contributed by atoms with van der Waals surface area (Å²) in [4.78, 5) is 12.5. The van der Waals surface area contributed by atoms with Crippen LogP contribution in [0.4, 0.5) is 0 Å². The van der Waals surface area contributed by atoms with Gasteiger partial charge in [0.2, 0.25) is 0 Å². The van der Waals surface area contributed by atoms with Crippen molar-refractivity contribution in [3.05, 3.63) is 59.7 Å². The molecule has 1 fully saturated rings. The highest BCUT2D eigenvalue weighted by atomic mass is 16.5. The smallest absolute Gasteiger partial charge is 0.193 e. The summed E-state index contributed by atoms with van der Waals surface area (Å²) in [6, 6.07) is 13.8. The molecule has 0 saturated heterocycles. The lowest BCUT2D eigenvalue weighted by Crippen LogP contribution is -2.17.